The van der Waals surface area contributed by atoms with Crippen LogP contribution in [0.5, 0.6) is 0 Å². The SMILES string of the molecule is Cn1c(=O)c2ccc(C(=O)OC3CCC(C(C)(C)C)CC3)nc2n(C)c1=O. The van der Waals surface area contributed by atoms with Crippen molar-refractivity contribution >= 4 is 17.0 Å². The molecule has 146 valence electrons. The monoisotopic (exact) mass is 373 g/mol. The number of carbonyl (C=O) groups excluding carboxylic acids is 1. The van der Waals surface area contributed by atoms with Crippen molar-refractivity contribution in [2.45, 2.75) is 52.6 Å². The van der Waals surface area contributed by atoms with Crippen molar-refractivity contribution in [1.29, 1.82) is 0 Å². The van der Waals surface area contributed by atoms with E-state index in [-0.39, 0.29) is 22.9 Å². The maximum absolute atomic E-state index is 12.5. The van der Waals surface area contributed by atoms with Crippen LogP contribution in [0, 0.1) is 11.3 Å². The Hall–Kier alpha value is -2.44. The molecule has 0 atom stereocenters. The van der Waals surface area contributed by atoms with Crippen LogP contribution in [-0.2, 0) is 18.8 Å². The fourth-order valence-electron chi connectivity index (χ4n) is 3.83. The molecule has 0 aliphatic heterocycles. The Balaban J connectivity index is 1.79. The van der Waals surface area contributed by atoms with Crippen LogP contribution in [0.1, 0.15) is 56.9 Å². The molecule has 0 spiro atoms. The molecule has 2 heterocycles. The van der Waals surface area contributed by atoms with Crippen molar-refractivity contribution in [3.8, 4) is 0 Å². The molecule has 0 saturated heterocycles. The van der Waals surface area contributed by atoms with Crippen molar-refractivity contribution in [3.63, 3.8) is 0 Å². The highest BCUT2D eigenvalue weighted by molar-refractivity contribution is 5.90. The van der Waals surface area contributed by atoms with Gasteiger partial charge in [-0.15, -0.1) is 0 Å². The summed E-state index contributed by atoms with van der Waals surface area (Å²) in [6, 6.07) is 3.01. The van der Waals surface area contributed by atoms with Gasteiger partial charge in [0.1, 0.15) is 11.8 Å². The third kappa shape index (κ3) is 3.68. The summed E-state index contributed by atoms with van der Waals surface area (Å²) in [4.78, 5) is 41.0. The molecule has 1 aliphatic carbocycles. The first-order valence-electron chi connectivity index (χ1n) is 9.37. The van der Waals surface area contributed by atoms with Gasteiger partial charge in [0.15, 0.2) is 5.69 Å². The van der Waals surface area contributed by atoms with Gasteiger partial charge in [0.05, 0.1) is 5.39 Å². The Morgan fingerprint density at radius 1 is 1.07 bits per heavy atom. The molecule has 0 bridgehead atoms. The first-order valence-corrected chi connectivity index (χ1v) is 9.37. The lowest BCUT2D eigenvalue weighted by Crippen LogP contribution is -2.37. The van der Waals surface area contributed by atoms with E-state index < -0.39 is 17.2 Å². The summed E-state index contributed by atoms with van der Waals surface area (Å²) >= 11 is 0. The van der Waals surface area contributed by atoms with Crippen molar-refractivity contribution in [1.82, 2.24) is 14.1 Å². The smallest absolute Gasteiger partial charge is 0.357 e. The number of rotatable bonds is 2. The normalized spacial score (nSPS) is 20.6. The molecule has 3 rings (SSSR count). The largest absolute Gasteiger partial charge is 0.458 e. The first kappa shape index (κ1) is 19.3. The maximum Gasteiger partial charge on any atom is 0.357 e. The maximum atomic E-state index is 12.5. The minimum Gasteiger partial charge on any atom is -0.458 e. The quantitative estimate of drug-likeness (QED) is 0.755. The van der Waals surface area contributed by atoms with E-state index >= 15 is 0 Å². The number of fused-ring (bicyclic) bond motifs is 1. The molecule has 27 heavy (non-hydrogen) atoms. The minimum absolute atomic E-state index is 0.110. The topological polar surface area (TPSA) is 83.2 Å². The molecular formula is C20H27N3O4. The van der Waals surface area contributed by atoms with Gasteiger partial charge in [-0.05, 0) is 49.1 Å². The first-order chi connectivity index (χ1) is 12.6. The number of carbonyl (C=O) groups is 1. The van der Waals surface area contributed by atoms with Crippen LogP contribution < -0.4 is 11.2 Å². The number of nitrogens with zero attached hydrogens (tertiary/aromatic N) is 3. The lowest BCUT2D eigenvalue weighted by molar-refractivity contribution is 0.00874. The molecule has 0 aromatic carbocycles. The van der Waals surface area contributed by atoms with Crippen molar-refractivity contribution in [2.24, 2.45) is 25.4 Å². The van der Waals surface area contributed by atoms with E-state index in [2.05, 4.69) is 25.8 Å². The Labute approximate surface area is 158 Å². The molecule has 0 radical (unpaired) electrons. The zero-order valence-corrected chi connectivity index (χ0v) is 16.6. The Morgan fingerprint density at radius 2 is 1.70 bits per heavy atom. The predicted molar refractivity (Wildman–Crippen MR) is 103 cm³/mol. The number of ether oxygens (including phenoxy) is 1. The highest BCUT2D eigenvalue weighted by Crippen LogP contribution is 2.38. The van der Waals surface area contributed by atoms with E-state index in [4.69, 9.17) is 4.74 Å². The van der Waals surface area contributed by atoms with E-state index in [0.29, 0.717) is 11.3 Å². The average molecular weight is 373 g/mol. The summed E-state index contributed by atoms with van der Waals surface area (Å²) in [5.74, 6) is 0.126. The van der Waals surface area contributed by atoms with Crippen molar-refractivity contribution in [3.05, 3.63) is 38.7 Å². The fraction of sp³-hybridized carbons (Fsp3) is 0.600. The van der Waals surface area contributed by atoms with Gasteiger partial charge in [-0.2, -0.15) is 0 Å². The summed E-state index contributed by atoms with van der Waals surface area (Å²) in [6.45, 7) is 6.74. The fourth-order valence-corrected chi connectivity index (χ4v) is 3.83. The van der Waals surface area contributed by atoms with E-state index in [1.54, 1.807) is 0 Å². The van der Waals surface area contributed by atoms with Crippen molar-refractivity contribution in [2.75, 3.05) is 0 Å². The van der Waals surface area contributed by atoms with Gasteiger partial charge in [0.25, 0.3) is 5.56 Å². The van der Waals surface area contributed by atoms with Crippen molar-refractivity contribution < 1.29 is 9.53 Å². The van der Waals surface area contributed by atoms with Gasteiger partial charge < -0.3 is 4.74 Å². The molecule has 7 heteroatoms. The van der Waals surface area contributed by atoms with Gasteiger partial charge in [-0.3, -0.25) is 13.9 Å². The zero-order chi connectivity index (χ0) is 19.9. The van der Waals surface area contributed by atoms with Crippen LogP contribution in [0.25, 0.3) is 11.0 Å². The predicted octanol–water partition coefficient (Wildman–Crippen LogP) is 2.39. The average Bonchev–Trinajstić information content (AvgIpc) is 2.63. The van der Waals surface area contributed by atoms with E-state index in [1.165, 1.54) is 30.8 Å². The summed E-state index contributed by atoms with van der Waals surface area (Å²) in [5.41, 5.74) is -0.337. The number of pyridine rings is 1. The number of hydrogen-bond acceptors (Lipinski definition) is 5. The van der Waals surface area contributed by atoms with Gasteiger partial charge in [0.2, 0.25) is 0 Å². The molecular weight excluding hydrogens is 346 g/mol. The number of aryl methyl sites for hydroxylation is 1. The molecule has 1 fully saturated rings. The molecule has 0 amide bonds. The molecule has 0 N–H and O–H groups in total. The standard InChI is InChI=1S/C20H27N3O4/c1-20(2,3)12-6-8-13(9-7-12)27-18(25)15-11-10-14-16(21-15)22(4)19(26)23(5)17(14)24/h10-13H,6-9H2,1-5H3. The molecule has 2 aromatic heterocycles. The Bertz CT molecular complexity index is 989. The van der Waals surface area contributed by atoms with Gasteiger partial charge in [-0.25, -0.2) is 14.6 Å². The van der Waals surface area contributed by atoms with Crippen LogP contribution in [-0.4, -0.2) is 26.2 Å². The second kappa shape index (κ2) is 6.94. The third-order valence-electron chi connectivity index (χ3n) is 5.68. The van der Waals surface area contributed by atoms with Gasteiger partial charge >= 0.3 is 11.7 Å². The molecule has 7 nitrogen and oxygen atoms in total. The Morgan fingerprint density at radius 3 is 2.30 bits per heavy atom. The number of hydrogen-bond donors (Lipinski definition) is 0. The van der Waals surface area contributed by atoms with E-state index in [1.807, 2.05) is 0 Å². The summed E-state index contributed by atoms with van der Waals surface area (Å²) in [7, 11) is 2.94. The zero-order valence-electron chi connectivity index (χ0n) is 16.6. The lowest BCUT2D eigenvalue weighted by atomic mass is 9.72. The van der Waals surface area contributed by atoms with Crippen LogP contribution in [0.3, 0.4) is 0 Å². The molecule has 1 saturated carbocycles. The summed E-state index contributed by atoms with van der Waals surface area (Å²) in [5, 5.41) is 0.293. The molecule has 2 aromatic rings. The molecule has 1 aliphatic rings. The van der Waals surface area contributed by atoms with Gasteiger partial charge in [0, 0.05) is 14.1 Å². The highest BCUT2D eigenvalue weighted by atomic mass is 16.5. The van der Waals surface area contributed by atoms with E-state index in [9.17, 15) is 14.4 Å². The third-order valence-corrected chi connectivity index (χ3v) is 5.68. The number of esters is 1. The minimum atomic E-state index is -0.510. The van der Waals surface area contributed by atoms with Crippen LogP contribution in [0.2, 0.25) is 0 Å². The second-order valence-corrected chi connectivity index (χ2v) is 8.52. The Kier molecular flexibility index (Phi) is 4.97. The van der Waals surface area contributed by atoms with Crippen LogP contribution >= 0.6 is 0 Å². The second-order valence-electron chi connectivity index (χ2n) is 8.52. The number of aromatic nitrogens is 3. The summed E-state index contributed by atoms with van der Waals surface area (Å²) in [6.07, 6.45) is 3.66. The molecule has 0 unspecified atom stereocenters. The summed E-state index contributed by atoms with van der Waals surface area (Å²) < 4.78 is 7.93. The van der Waals surface area contributed by atoms with E-state index in [0.717, 1.165) is 30.3 Å². The lowest BCUT2D eigenvalue weighted by Gasteiger charge is -2.36. The van der Waals surface area contributed by atoms with Crippen LogP contribution in [0.15, 0.2) is 21.7 Å². The van der Waals surface area contributed by atoms with Gasteiger partial charge in [-0.1, -0.05) is 20.8 Å². The van der Waals surface area contributed by atoms with Crippen LogP contribution in [0.4, 0.5) is 0 Å². The highest BCUT2D eigenvalue weighted by Gasteiger charge is 2.31.